The van der Waals surface area contributed by atoms with Crippen LogP contribution in [0.15, 0.2) is 0 Å². The standard InChI is InChI=1S/C18H24F2NO8S.Rf/c1-7(2)16(23)29-14-10-5-9-11(15(22)21(8(3)4)13(9)14)12(10)17(24)28-6-18(19,20)30(25,26)27;/h6-14H,5H2,1-4H3,(H,25,26,27);/q-1;/p-1. The number of fused-ring (bicyclic) bond motifs is 1. The van der Waals surface area contributed by atoms with E-state index in [1.807, 2.05) is 0 Å². The van der Waals surface area contributed by atoms with Gasteiger partial charge in [-0.05, 0) is 26.2 Å². The maximum atomic E-state index is 13.4. The molecule has 31 heavy (non-hydrogen) atoms. The Morgan fingerprint density at radius 1 is 1.23 bits per heavy atom. The van der Waals surface area contributed by atoms with Crippen LogP contribution in [-0.2, 0) is 34.0 Å². The van der Waals surface area contributed by atoms with Gasteiger partial charge in [-0.25, -0.2) is 17.2 Å². The molecule has 172 valence electrons. The second-order valence-electron chi connectivity index (χ2n) is 8.57. The van der Waals surface area contributed by atoms with Gasteiger partial charge in [0, 0.05) is 12.0 Å². The van der Waals surface area contributed by atoms with Gasteiger partial charge in [0.05, 0.1) is 23.8 Å². The molecule has 0 spiro atoms. The summed E-state index contributed by atoms with van der Waals surface area (Å²) in [5, 5.41) is -4.91. The first-order chi connectivity index (χ1) is 13.7. The fourth-order valence-electron chi connectivity index (χ4n) is 4.96. The minimum Gasteiger partial charge on any atom is -0.746 e. The first kappa shape index (κ1) is 24.4. The predicted octanol–water partition coefficient (Wildman–Crippen LogP) is 0.898. The number of nitrogens with zero attached hydrogens (tertiary/aromatic N) is 1. The van der Waals surface area contributed by atoms with Crippen LogP contribution >= 0.6 is 0 Å². The topological polar surface area (TPSA) is 130 Å². The molecular weight excluding hydrogens is 695 g/mol. The van der Waals surface area contributed by atoms with Crippen molar-refractivity contribution in [2.75, 3.05) is 0 Å². The maximum Gasteiger partial charge on any atom is 0.308 e. The van der Waals surface area contributed by atoms with Crippen molar-refractivity contribution in [3.8, 4) is 0 Å². The van der Waals surface area contributed by atoms with Gasteiger partial charge >= 0.3 is 5.97 Å². The van der Waals surface area contributed by atoms with Crippen molar-refractivity contribution in [2.45, 2.75) is 57.6 Å². The van der Waals surface area contributed by atoms with Crippen LogP contribution < -0.4 is 0 Å². The summed E-state index contributed by atoms with van der Waals surface area (Å²) in [6.45, 7) is 6.20. The second-order valence-corrected chi connectivity index (χ2v) is 10.0. The average molecular weight is 718 g/mol. The Morgan fingerprint density at radius 2 is 1.81 bits per heavy atom. The summed E-state index contributed by atoms with van der Waals surface area (Å²) < 4.78 is 68.5. The molecule has 0 N–H and O–H groups in total. The summed E-state index contributed by atoms with van der Waals surface area (Å²) in [7, 11) is -6.07. The van der Waals surface area contributed by atoms with E-state index in [2.05, 4.69) is 4.74 Å². The summed E-state index contributed by atoms with van der Waals surface area (Å²) in [6, 6.07) is -0.669. The van der Waals surface area contributed by atoms with Gasteiger partial charge in [-0.2, -0.15) is 0 Å². The van der Waals surface area contributed by atoms with Crippen LogP contribution in [0.2, 0.25) is 0 Å². The van der Waals surface area contributed by atoms with Crippen molar-refractivity contribution in [2.24, 2.45) is 29.6 Å². The molecule has 3 rings (SSSR count). The molecule has 9 nitrogen and oxygen atoms in total. The fraction of sp³-hybridized carbons (Fsp3) is 0.778. The Balaban J connectivity index is 0.00000341. The number of hydrogen-bond donors (Lipinski definition) is 0. The van der Waals surface area contributed by atoms with Gasteiger partial charge in [0.2, 0.25) is 5.91 Å². The van der Waals surface area contributed by atoms with Crippen molar-refractivity contribution >= 4 is 28.0 Å². The van der Waals surface area contributed by atoms with Gasteiger partial charge < -0.3 is 18.9 Å². The molecule has 2 bridgehead atoms. The molecule has 0 aromatic carbocycles. The van der Waals surface area contributed by atoms with Gasteiger partial charge in [-0.3, -0.25) is 14.4 Å². The average Bonchev–Trinajstić information content (AvgIpc) is 3.20. The molecule has 3 aliphatic rings. The van der Waals surface area contributed by atoms with E-state index in [9.17, 15) is 36.1 Å². The molecule has 2 aliphatic carbocycles. The molecule has 1 aliphatic heterocycles. The van der Waals surface area contributed by atoms with E-state index in [1.165, 1.54) is 0 Å². The number of amides is 1. The monoisotopic (exact) mass is 718 g/mol. The number of carbonyl (C=O) groups is 3. The third kappa shape index (κ3) is 3.71. The molecule has 1 saturated heterocycles. The Morgan fingerprint density at radius 3 is 2.29 bits per heavy atom. The third-order valence-corrected chi connectivity index (χ3v) is 6.87. The van der Waals surface area contributed by atoms with Gasteiger partial charge in [0.25, 0.3) is 11.2 Å². The molecule has 1 amide bonds. The number of hydrogen-bond acceptors (Lipinski definition) is 8. The number of likely N-dealkylation sites (tertiary alicyclic amines) is 1. The number of esters is 2. The van der Waals surface area contributed by atoms with Crippen LogP contribution in [0.3, 0.4) is 0 Å². The summed E-state index contributed by atoms with van der Waals surface area (Å²) in [4.78, 5) is 39.3. The maximum absolute atomic E-state index is 13.4. The van der Waals surface area contributed by atoms with E-state index < -0.39 is 69.7 Å². The Hall–Kier alpha value is -2.82. The van der Waals surface area contributed by atoms with Gasteiger partial charge in [-0.1, -0.05) is 20.5 Å². The molecule has 13 heteroatoms. The normalized spacial score (nSPS) is 31.9. The van der Waals surface area contributed by atoms with Gasteiger partial charge in [0.15, 0.2) is 0 Å². The Kier molecular flexibility index (Phi) is 6.07. The number of alkyl halides is 2. The summed E-state index contributed by atoms with van der Waals surface area (Å²) >= 11 is 0. The first-order valence-electron chi connectivity index (χ1n) is 9.59. The Bertz CT molecular complexity index is 865. The summed E-state index contributed by atoms with van der Waals surface area (Å²) in [5.41, 5.74) is 0. The Labute approximate surface area is 172 Å². The van der Waals surface area contributed by atoms with Gasteiger partial charge in [0.1, 0.15) is 16.2 Å². The number of rotatable bonds is 7. The van der Waals surface area contributed by atoms with Crippen LogP contribution in [-0.4, -0.2) is 59.2 Å². The van der Waals surface area contributed by atoms with E-state index in [4.69, 9.17) is 4.74 Å². The van der Waals surface area contributed by atoms with Crippen molar-refractivity contribution in [1.82, 2.24) is 4.90 Å². The zero-order valence-electron chi connectivity index (χ0n) is 17.5. The van der Waals surface area contributed by atoms with E-state index in [-0.39, 0.29) is 17.9 Å². The first-order valence-corrected chi connectivity index (χ1v) is 11.0. The summed E-state index contributed by atoms with van der Waals surface area (Å²) in [5.74, 6) is -5.58. The fourth-order valence-corrected chi connectivity index (χ4v) is 5.13. The molecule has 6 unspecified atom stereocenters. The van der Waals surface area contributed by atoms with Crippen LogP contribution in [0.1, 0.15) is 34.1 Å². The van der Waals surface area contributed by atoms with E-state index in [1.54, 1.807) is 32.6 Å². The van der Waals surface area contributed by atoms with E-state index >= 15 is 0 Å². The molecule has 0 aromatic heterocycles. The minimum atomic E-state index is -6.07. The van der Waals surface area contributed by atoms with Crippen molar-refractivity contribution in [1.29, 1.82) is 0 Å². The molecule has 3 fully saturated rings. The molecule has 2 saturated carbocycles. The number of halogens is 2. The van der Waals surface area contributed by atoms with E-state index in [0.29, 0.717) is 6.42 Å². The molecular formula is C18H23F2NO8RfS-2. The van der Waals surface area contributed by atoms with E-state index in [0.717, 1.165) is 0 Å². The smallest absolute Gasteiger partial charge is 0.308 e. The second kappa shape index (κ2) is 7.70. The molecule has 6 atom stereocenters. The molecule has 0 aromatic rings. The molecule has 1 heterocycles. The molecule has 0 radical (unpaired) electrons. The van der Waals surface area contributed by atoms with Crippen molar-refractivity contribution in [3.63, 3.8) is 0 Å². The van der Waals surface area contributed by atoms with Crippen molar-refractivity contribution in [3.05, 3.63) is 6.61 Å². The number of carbonyl (C=O) groups excluding carboxylic acids is 3. The van der Waals surface area contributed by atoms with Crippen LogP contribution in [0.25, 0.3) is 0 Å². The zero-order valence-corrected chi connectivity index (χ0v) is 24.7. The quantitative estimate of drug-likeness (QED) is 0.216. The van der Waals surface area contributed by atoms with Crippen LogP contribution in [0, 0.1) is 36.2 Å². The van der Waals surface area contributed by atoms with Crippen LogP contribution in [0.4, 0.5) is 8.78 Å². The minimum absolute atomic E-state index is 0. The summed E-state index contributed by atoms with van der Waals surface area (Å²) in [6.07, 6.45) is -0.451. The zero-order chi connectivity index (χ0) is 22.8. The number of ether oxygens (including phenoxy) is 2. The van der Waals surface area contributed by atoms with Crippen LogP contribution in [0.5, 0.6) is 0 Å². The largest absolute Gasteiger partial charge is 0.746 e. The predicted molar refractivity (Wildman–Crippen MR) is 94.1 cm³/mol. The third-order valence-electron chi connectivity index (χ3n) is 6.11. The van der Waals surface area contributed by atoms with Gasteiger partial charge in [-0.15, -0.1) is 0 Å². The van der Waals surface area contributed by atoms with Crippen molar-refractivity contribution < 1.29 is 45.6 Å². The SMILES string of the molecule is CC(C)C(=O)OC1C2CC3C(C(=O)N(C(C)C)C31)C2C(=O)O[CH-]C(F)(F)S(=O)(=O)[O-].[Rf].